The number of nitrogens with zero attached hydrogens (tertiary/aromatic N) is 1. The lowest BCUT2D eigenvalue weighted by Gasteiger charge is -2.08. The second kappa shape index (κ2) is 6.16. The Kier molecular flexibility index (Phi) is 4.32. The van der Waals surface area contributed by atoms with Crippen molar-refractivity contribution in [3.05, 3.63) is 68.7 Å². The maximum Gasteiger partial charge on any atom is 0.311 e. The number of halogens is 1. The molecule has 0 aliphatic carbocycles. The smallest absolute Gasteiger partial charge is 0.311 e. The van der Waals surface area contributed by atoms with Gasteiger partial charge in [0.25, 0.3) is 0 Å². The van der Waals surface area contributed by atoms with Crippen molar-refractivity contribution in [1.82, 2.24) is 0 Å². The minimum Gasteiger partial charge on any atom is -0.482 e. The Labute approximate surface area is 119 Å². The molecule has 0 aromatic heterocycles. The number of hydrogen-bond donors (Lipinski definition) is 0. The van der Waals surface area contributed by atoms with Gasteiger partial charge in [-0.25, -0.2) is 0 Å². The number of carbonyl (C=O) groups is 1. The van der Waals surface area contributed by atoms with Crippen molar-refractivity contribution in [3.63, 3.8) is 0 Å². The monoisotopic (exact) mass is 291 g/mol. The molecular weight excluding hydrogens is 282 g/mol. The average molecular weight is 292 g/mol. The van der Waals surface area contributed by atoms with Crippen molar-refractivity contribution in [2.75, 3.05) is 0 Å². The van der Waals surface area contributed by atoms with Crippen LogP contribution in [-0.4, -0.2) is 11.2 Å². The number of ether oxygens (including phenoxy) is 1. The average Bonchev–Trinajstić information content (AvgIpc) is 2.46. The third kappa shape index (κ3) is 3.13. The van der Waals surface area contributed by atoms with E-state index in [-0.39, 0.29) is 23.6 Å². The molecule has 5 nitrogen and oxygen atoms in total. The molecule has 0 unspecified atom stereocenters. The molecule has 0 saturated carbocycles. The first-order valence-corrected chi connectivity index (χ1v) is 6.09. The van der Waals surface area contributed by atoms with Gasteiger partial charge in [-0.2, -0.15) is 0 Å². The van der Waals surface area contributed by atoms with Crippen LogP contribution in [0.15, 0.2) is 42.5 Å². The minimum absolute atomic E-state index is 0.0977. The van der Waals surface area contributed by atoms with Crippen LogP contribution in [0.1, 0.15) is 15.9 Å². The first-order chi connectivity index (χ1) is 9.61. The van der Waals surface area contributed by atoms with Crippen LogP contribution in [0.2, 0.25) is 5.02 Å². The Morgan fingerprint density at radius 2 is 2.00 bits per heavy atom. The van der Waals surface area contributed by atoms with Crippen LogP contribution in [-0.2, 0) is 6.61 Å². The van der Waals surface area contributed by atoms with Gasteiger partial charge in [0, 0.05) is 22.2 Å². The Hall–Kier alpha value is -2.40. The van der Waals surface area contributed by atoms with Crippen LogP contribution < -0.4 is 4.74 Å². The summed E-state index contributed by atoms with van der Waals surface area (Å²) in [6, 6.07) is 11.1. The first kappa shape index (κ1) is 14.0. The molecule has 0 aliphatic rings. The molecule has 2 aromatic carbocycles. The zero-order valence-corrected chi connectivity index (χ0v) is 11.0. The molecule has 0 spiro atoms. The van der Waals surface area contributed by atoms with Gasteiger partial charge >= 0.3 is 5.69 Å². The van der Waals surface area contributed by atoms with Crippen LogP contribution in [0.5, 0.6) is 5.75 Å². The molecule has 0 amide bonds. The van der Waals surface area contributed by atoms with Gasteiger partial charge in [0.15, 0.2) is 5.75 Å². The fourth-order valence-electron chi connectivity index (χ4n) is 1.64. The van der Waals surface area contributed by atoms with E-state index in [1.807, 2.05) is 0 Å². The van der Waals surface area contributed by atoms with Crippen molar-refractivity contribution in [2.24, 2.45) is 0 Å². The molecule has 0 fully saturated rings. The van der Waals surface area contributed by atoms with Gasteiger partial charge in [0.1, 0.15) is 12.9 Å². The lowest BCUT2D eigenvalue weighted by atomic mass is 10.2. The van der Waals surface area contributed by atoms with Crippen molar-refractivity contribution >= 4 is 23.6 Å². The Bertz CT molecular complexity index is 657. The Morgan fingerprint density at radius 1 is 1.25 bits per heavy atom. The van der Waals surface area contributed by atoms with Gasteiger partial charge in [-0.1, -0.05) is 29.8 Å². The summed E-state index contributed by atoms with van der Waals surface area (Å²) >= 11 is 5.98. The number of nitro benzene ring substituents is 1. The van der Waals surface area contributed by atoms with Gasteiger partial charge in [0.2, 0.25) is 0 Å². The van der Waals surface area contributed by atoms with Gasteiger partial charge in [-0.05, 0) is 18.2 Å². The lowest BCUT2D eigenvalue weighted by Crippen LogP contribution is -2.00. The van der Waals surface area contributed by atoms with Gasteiger partial charge < -0.3 is 4.74 Å². The van der Waals surface area contributed by atoms with E-state index in [1.54, 1.807) is 24.3 Å². The Morgan fingerprint density at radius 3 is 2.65 bits per heavy atom. The predicted octanol–water partition coefficient (Wildman–Crippen LogP) is 3.64. The summed E-state index contributed by atoms with van der Waals surface area (Å²) in [5.41, 5.74) is 0.700. The van der Waals surface area contributed by atoms with E-state index in [1.165, 1.54) is 18.2 Å². The van der Waals surface area contributed by atoms with E-state index in [4.69, 9.17) is 16.3 Å². The highest BCUT2D eigenvalue weighted by Gasteiger charge is 2.16. The number of nitro groups is 1. The molecule has 0 saturated heterocycles. The van der Waals surface area contributed by atoms with E-state index < -0.39 is 4.92 Å². The fourth-order valence-corrected chi connectivity index (χ4v) is 1.83. The number of benzene rings is 2. The molecule has 0 bridgehead atoms. The van der Waals surface area contributed by atoms with Crippen LogP contribution in [0, 0.1) is 10.1 Å². The number of rotatable bonds is 5. The molecule has 0 atom stereocenters. The van der Waals surface area contributed by atoms with E-state index in [2.05, 4.69) is 0 Å². The third-order valence-electron chi connectivity index (χ3n) is 2.66. The second-order valence-corrected chi connectivity index (χ2v) is 4.39. The lowest BCUT2D eigenvalue weighted by molar-refractivity contribution is -0.386. The maximum absolute atomic E-state index is 11.0. The molecule has 2 aromatic rings. The quantitative estimate of drug-likeness (QED) is 0.479. The Balaban J connectivity index is 2.23. The van der Waals surface area contributed by atoms with Gasteiger partial charge in [0.05, 0.1) is 4.92 Å². The number of aldehydes is 1. The highest BCUT2D eigenvalue weighted by atomic mass is 35.5. The summed E-state index contributed by atoms with van der Waals surface area (Å²) in [7, 11) is 0. The van der Waals surface area contributed by atoms with Gasteiger partial charge in [-0.15, -0.1) is 0 Å². The maximum atomic E-state index is 11.0. The molecule has 0 radical (unpaired) electrons. The third-order valence-corrected chi connectivity index (χ3v) is 3.03. The highest BCUT2D eigenvalue weighted by molar-refractivity contribution is 6.31. The molecule has 2 rings (SSSR count). The van der Waals surface area contributed by atoms with Crippen LogP contribution >= 0.6 is 11.6 Å². The standard InChI is InChI=1S/C14H10ClNO4/c15-12-4-2-1-3-11(12)9-20-14-6-5-10(8-17)7-13(14)16(18)19/h1-8H,9H2. The van der Waals surface area contributed by atoms with Crippen molar-refractivity contribution in [1.29, 1.82) is 0 Å². The number of hydrogen-bond acceptors (Lipinski definition) is 4. The molecule has 20 heavy (non-hydrogen) atoms. The summed E-state index contributed by atoms with van der Waals surface area (Å²) in [6.07, 6.45) is 0.546. The van der Waals surface area contributed by atoms with Gasteiger partial charge in [-0.3, -0.25) is 14.9 Å². The van der Waals surface area contributed by atoms with E-state index in [0.29, 0.717) is 11.3 Å². The van der Waals surface area contributed by atoms with Crippen LogP contribution in [0.4, 0.5) is 5.69 Å². The van der Waals surface area contributed by atoms with Crippen molar-refractivity contribution < 1.29 is 14.5 Å². The zero-order chi connectivity index (χ0) is 14.5. The van der Waals surface area contributed by atoms with Crippen LogP contribution in [0.3, 0.4) is 0 Å². The van der Waals surface area contributed by atoms with Crippen molar-refractivity contribution in [3.8, 4) is 5.75 Å². The largest absolute Gasteiger partial charge is 0.482 e. The molecule has 0 heterocycles. The predicted molar refractivity (Wildman–Crippen MR) is 74.3 cm³/mol. The minimum atomic E-state index is -0.588. The molecule has 0 aliphatic heterocycles. The zero-order valence-electron chi connectivity index (χ0n) is 10.3. The second-order valence-electron chi connectivity index (χ2n) is 3.98. The van der Waals surface area contributed by atoms with E-state index in [0.717, 1.165) is 5.56 Å². The first-order valence-electron chi connectivity index (χ1n) is 5.71. The molecule has 102 valence electrons. The summed E-state index contributed by atoms with van der Waals surface area (Å²) < 4.78 is 5.42. The summed E-state index contributed by atoms with van der Waals surface area (Å²) in [6.45, 7) is 0.112. The SMILES string of the molecule is O=Cc1ccc(OCc2ccccc2Cl)c([N+](=O)[O-])c1. The molecule has 0 N–H and O–H groups in total. The molecular formula is C14H10ClNO4. The summed E-state index contributed by atoms with van der Waals surface area (Å²) in [5.74, 6) is 0.0977. The van der Waals surface area contributed by atoms with E-state index in [9.17, 15) is 14.9 Å². The molecule has 6 heteroatoms. The highest BCUT2D eigenvalue weighted by Crippen LogP contribution is 2.29. The normalized spacial score (nSPS) is 10.1. The summed E-state index contributed by atoms with van der Waals surface area (Å²) in [5, 5.41) is 11.5. The van der Waals surface area contributed by atoms with Crippen LogP contribution in [0.25, 0.3) is 0 Å². The van der Waals surface area contributed by atoms with E-state index >= 15 is 0 Å². The topological polar surface area (TPSA) is 69.4 Å². The summed E-state index contributed by atoms with van der Waals surface area (Å²) in [4.78, 5) is 21.0. The fraction of sp³-hybridized carbons (Fsp3) is 0.0714. The van der Waals surface area contributed by atoms with Crippen molar-refractivity contribution in [2.45, 2.75) is 6.61 Å². The number of carbonyl (C=O) groups excluding carboxylic acids is 1.